The molecule has 1 aromatic heterocycles. The minimum absolute atomic E-state index is 0.0698. The van der Waals surface area contributed by atoms with Crippen LogP contribution in [-0.4, -0.2) is 24.4 Å². The van der Waals surface area contributed by atoms with Crippen LogP contribution < -0.4 is 11.1 Å². The van der Waals surface area contributed by atoms with Gasteiger partial charge in [0.05, 0.1) is 17.0 Å². The van der Waals surface area contributed by atoms with Gasteiger partial charge in [-0.25, -0.2) is 9.18 Å². The first-order chi connectivity index (χ1) is 11.3. The van der Waals surface area contributed by atoms with E-state index in [1.54, 1.807) is 13.8 Å². The summed E-state index contributed by atoms with van der Waals surface area (Å²) in [6, 6.07) is 5.10. The molecule has 0 fully saturated rings. The standard InChI is InChI=1S/C16H15FN2O4S/c1-3-23-16(22)11-8(2)12(13(18)20)24-15(11)19-14(21)9-5-4-6-10(17)7-9/h4-7H,3H2,1-2H3,(H2,18,20)(H,19,21). The maximum absolute atomic E-state index is 13.2. The van der Waals surface area contributed by atoms with Crippen molar-refractivity contribution in [3.8, 4) is 0 Å². The summed E-state index contributed by atoms with van der Waals surface area (Å²) in [6.07, 6.45) is 0. The Labute approximate surface area is 141 Å². The number of esters is 1. The second-order valence-corrected chi connectivity index (χ2v) is 5.83. The Kier molecular flexibility index (Phi) is 5.30. The van der Waals surface area contributed by atoms with Gasteiger partial charge in [-0.1, -0.05) is 6.07 Å². The molecule has 0 radical (unpaired) electrons. The molecule has 0 saturated heterocycles. The Hall–Kier alpha value is -2.74. The van der Waals surface area contributed by atoms with Crippen molar-refractivity contribution in [3.63, 3.8) is 0 Å². The molecule has 6 nitrogen and oxygen atoms in total. The van der Waals surface area contributed by atoms with E-state index in [4.69, 9.17) is 10.5 Å². The van der Waals surface area contributed by atoms with Crippen molar-refractivity contribution in [3.05, 3.63) is 51.7 Å². The molecule has 0 unspecified atom stereocenters. The molecule has 3 N–H and O–H groups in total. The molecule has 0 saturated carbocycles. The molecule has 0 aliphatic carbocycles. The first kappa shape index (κ1) is 17.6. The molecule has 1 heterocycles. The maximum Gasteiger partial charge on any atom is 0.341 e. The van der Waals surface area contributed by atoms with E-state index in [9.17, 15) is 18.8 Å². The van der Waals surface area contributed by atoms with Gasteiger partial charge in [0.2, 0.25) is 0 Å². The molecule has 0 atom stereocenters. The lowest BCUT2D eigenvalue weighted by molar-refractivity contribution is 0.0527. The highest BCUT2D eigenvalue weighted by molar-refractivity contribution is 7.18. The number of nitrogens with one attached hydrogen (secondary N) is 1. The molecule has 2 aromatic rings. The summed E-state index contributed by atoms with van der Waals surface area (Å²) in [5, 5.41) is 2.65. The molecule has 0 aliphatic rings. The Balaban J connectivity index is 2.41. The minimum atomic E-state index is -0.714. The number of carbonyl (C=O) groups excluding carboxylic acids is 3. The van der Waals surface area contributed by atoms with Crippen LogP contribution in [0.5, 0.6) is 0 Å². The number of hydrogen-bond acceptors (Lipinski definition) is 5. The lowest BCUT2D eigenvalue weighted by Crippen LogP contribution is -2.15. The van der Waals surface area contributed by atoms with Gasteiger partial charge < -0.3 is 15.8 Å². The predicted molar refractivity (Wildman–Crippen MR) is 87.9 cm³/mol. The van der Waals surface area contributed by atoms with Crippen molar-refractivity contribution in [1.82, 2.24) is 0 Å². The zero-order valence-electron chi connectivity index (χ0n) is 13.0. The van der Waals surface area contributed by atoms with Crippen LogP contribution in [-0.2, 0) is 4.74 Å². The molecule has 0 spiro atoms. The largest absolute Gasteiger partial charge is 0.462 e. The van der Waals surface area contributed by atoms with Crippen LogP contribution >= 0.6 is 11.3 Å². The highest BCUT2D eigenvalue weighted by Gasteiger charge is 2.25. The Morgan fingerprint density at radius 1 is 1.33 bits per heavy atom. The third-order valence-electron chi connectivity index (χ3n) is 3.16. The number of carbonyl (C=O) groups is 3. The fourth-order valence-electron chi connectivity index (χ4n) is 2.09. The van der Waals surface area contributed by atoms with Gasteiger partial charge in [-0.2, -0.15) is 0 Å². The third kappa shape index (κ3) is 3.60. The highest BCUT2D eigenvalue weighted by Crippen LogP contribution is 2.33. The predicted octanol–water partition coefficient (Wildman–Crippen LogP) is 2.72. The van der Waals surface area contributed by atoms with Gasteiger partial charge in [0.15, 0.2) is 0 Å². The summed E-state index contributed by atoms with van der Waals surface area (Å²) in [6.45, 7) is 3.32. The van der Waals surface area contributed by atoms with Crippen LogP contribution in [0.25, 0.3) is 0 Å². The molecule has 24 heavy (non-hydrogen) atoms. The lowest BCUT2D eigenvalue weighted by Gasteiger charge is -2.07. The van der Waals surface area contributed by atoms with E-state index < -0.39 is 23.6 Å². The van der Waals surface area contributed by atoms with E-state index >= 15 is 0 Å². The van der Waals surface area contributed by atoms with E-state index in [0.717, 1.165) is 17.4 Å². The topological polar surface area (TPSA) is 98.5 Å². The summed E-state index contributed by atoms with van der Waals surface area (Å²) in [5.74, 6) is -2.56. The molecule has 0 aliphatic heterocycles. The van der Waals surface area contributed by atoms with Gasteiger partial charge in [-0.05, 0) is 37.6 Å². The average molecular weight is 350 g/mol. The SMILES string of the molecule is CCOC(=O)c1c(NC(=O)c2cccc(F)c2)sc(C(N)=O)c1C. The van der Waals surface area contributed by atoms with Crippen molar-refractivity contribution in [2.24, 2.45) is 5.73 Å². The van der Waals surface area contributed by atoms with Crippen molar-refractivity contribution < 1.29 is 23.5 Å². The van der Waals surface area contributed by atoms with E-state index in [0.29, 0.717) is 5.56 Å². The summed E-state index contributed by atoms with van der Waals surface area (Å²) >= 11 is 0.875. The number of nitrogens with two attached hydrogens (primary N) is 1. The van der Waals surface area contributed by atoms with E-state index in [2.05, 4.69) is 5.32 Å². The summed E-state index contributed by atoms with van der Waals surface area (Å²) in [7, 11) is 0. The van der Waals surface area contributed by atoms with Gasteiger partial charge in [-0.15, -0.1) is 11.3 Å². The van der Waals surface area contributed by atoms with Gasteiger partial charge in [0.25, 0.3) is 11.8 Å². The molecule has 2 amide bonds. The van der Waals surface area contributed by atoms with Crippen molar-refractivity contribution in [1.29, 1.82) is 0 Å². The molecule has 8 heteroatoms. The van der Waals surface area contributed by atoms with E-state index in [-0.39, 0.29) is 27.6 Å². The summed E-state index contributed by atoms with van der Waals surface area (Å²) in [5.41, 5.74) is 5.77. The van der Waals surface area contributed by atoms with Crippen LogP contribution in [0.2, 0.25) is 0 Å². The number of anilines is 1. The Morgan fingerprint density at radius 3 is 2.62 bits per heavy atom. The molecular formula is C16H15FN2O4S. The number of rotatable bonds is 5. The van der Waals surface area contributed by atoms with E-state index in [1.807, 2.05) is 0 Å². The quantitative estimate of drug-likeness (QED) is 0.810. The van der Waals surface area contributed by atoms with Crippen molar-refractivity contribution in [2.75, 3.05) is 11.9 Å². The summed E-state index contributed by atoms with van der Waals surface area (Å²) in [4.78, 5) is 36.0. The molecule has 126 valence electrons. The number of primary amides is 1. The zero-order chi connectivity index (χ0) is 17.9. The maximum atomic E-state index is 13.2. The van der Waals surface area contributed by atoms with Crippen molar-refractivity contribution in [2.45, 2.75) is 13.8 Å². The third-order valence-corrected chi connectivity index (χ3v) is 4.39. The van der Waals surface area contributed by atoms with Crippen LogP contribution in [0.4, 0.5) is 9.39 Å². The van der Waals surface area contributed by atoms with Crippen molar-refractivity contribution >= 4 is 34.1 Å². The Morgan fingerprint density at radius 2 is 2.04 bits per heavy atom. The average Bonchev–Trinajstić information content (AvgIpc) is 2.84. The second-order valence-electron chi connectivity index (χ2n) is 4.81. The van der Waals surface area contributed by atoms with Gasteiger partial charge in [0, 0.05) is 5.56 Å². The second kappa shape index (κ2) is 7.22. The number of halogens is 1. The normalized spacial score (nSPS) is 10.3. The Bertz CT molecular complexity index is 816. The first-order valence-corrected chi connectivity index (χ1v) is 7.84. The minimum Gasteiger partial charge on any atom is -0.462 e. The number of hydrogen-bond donors (Lipinski definition) is 2. The molecular weight excluding hydrogens is 335 g/mol. The summed E-state index contributed by atoms with van der Waals surface area (Å²) < 4.78 is 18.2. The highest BCUT2D eigenvalue weighted by atomic mass is 32.1. The van der Waals surface area contributed by atoms with Crippen LogP contribution in [0.1, 0.15) is 42.9 Å². The smallest absolute Gasteiger partial charge is 0.341 e. The lowest BCUT2D eigenvalue weighted by atomic mass is 10.1. The monoisotopic (exact) mass is 350 g/mol. The first-order valence-electron chi connectivity index (χ1n) is 7.02. The molecule has 0 bridgehead atoms. The number of thiophene rings is 1. The van der Waals surface area contributed by atoms with E-state index in [1.165, 1.54) is 18.2 Å². The van der Waals surface area contributed by atoms with Gasteiger partial charge >= 0.3 is 5.97 Å². The van der Waals surface area contributed by atoms with Gasteiger partial charge in [0.1, 0.15) is 10.8 Å². The number of ether oxygens (including phenoxy) is 1. The zero-order valence-corrected chi connectivity index (χ0v) is 13.8. The fraction of sp³-hybridized carbons (Fsp3) is 0.188. The van der Waals surface area contributed by atoms with Gasteiger partial charge in [-0.3, -0.25) is 9.59 Å². The number of benzene rings is 1. The van der Waals surface area contributed by atoms with Crippen LogP contribution in [0.3, 0.4) is 0 Å². The van der Waals surface area contributed by atoms with Crippen LogP contribution in [0, 0.1) is 12.7 Å². The fourth-order valence-corrected chi connectivity index (χ4v) is 3.13. The number of amides is 2. The molecule has 2 rings (SSSR count). The molecule has 1 aromatic carbocycles. The van der Waals surface area contributed by atoms with Crippen LogP contribution in [0.15, 0.2) is 24.3 Å².